The molecule has 2 rings (SSSR count). The number of nitriles is 1. The molecule has 0 amide bonds. The molecule has 1 aromatic rings. The van der Waals surface area contributed by atoms with E-state index in [9.17, 15) is 0 Å². The Balaban J connectivity index is 1.64. The summed E-state index contributed by atoms with van der Waals surface area (Å²) in [5.41, 5.74) is 1.74. The van der Waals surface area contributed by atoms with Gasteiger partial charge < -0.3 is 10.1 Å². The van der Waals surface area contributed by atoms with Crippen LogP contribution in [0.15, 0.2) is 24.3 Å². The first kappa shape index (κ1) is 13.9. The molecule has 0 saturated heterocycles. The lowest BCUT2D eigenvalue weighted by Gasteiger charge is -2.15. The van der Waals surface area contributed by atoms with Crippen LogP contribution in [-0.4, -0.2) is 19.3 Å². The molecule has 19 heavy (non-hydrogen) atoms. The second-order valence-electron chi connectivity index (χ2n) is 5.10. The molecule has 3 nitrogen and oxygen atoms in total. The van der Waals surface area contributed by atoms with Gasteiger partial charge in [0.15, 0.2) is 0 Å². The molecule has 1 aromatic carbocycles. The average Bonchev–Trinajstić information content (AvgIpc) is 2.73. The second kappa shape index (κ2) is 7.81. The van der Waals surface area contributed by atoms with E-state index in [4.69, 9.17) is 10.00 Å². The second-order valence-corrected chi connectivity index (χ2v) is 5.10. The minimum absolute atomic E-state index is 0.463. The maximum atomic E-state index is 8.72. The molecule has 0 radical (unpaired) electrons. The number of hydrogen-bond acceptors (Lipinski definition) is 3. The summed E-state index contributed by atoms with van der Waals surface area (Å²) in [6, 6.07) is 9.64. The molecule has 0 unspecified atom stereocenters. The van der Waals surface area contributed by atoms with E-state index in [0.717, 1.165) is 18.8 Å². The number of hydrogen-bond donors (Lipinski definition) is 1. The van der Waals surface area contributed by atoms with Gasteiger partial charge in [-0.1, -0.05) is 25.7 Å². The van der Waals surface area contributed by atoms with Crippen molar-refractivity contribution < 1.29 is 4.74 Å². The van der Waals surface area contributed by atoms with Gasteiger partial charge >= 0.3 is 0 Å². The van der Waals surface area contributed by atoms with Gasteiger partial charge in [0.2, 0.25) is 0 Å². The molecule has 3 heteroatoms. The number of nitrogens with one attached hydrogen (secondary N) is 1. The average molecular weight is 258 g/mol. The lowest BCUT2D eigenvalue weighted by Crippen LogP contribution is -2.17. The Kier molecular flexibility index (Phi) is 5.71. The monoisotopic (exact) mass is 258 g/mol. The van der Waals surface area contributed by atoms with Gasteiger partial charge in [0, 0.05) is 12.2 Å². The standard InChI is InChI=1S/C16H22N2O/c17-13-14-7-9-15(10-8-14)18-11-12-19-16-5-3-1-2-4-6-16/h7-10,16,18H,1-6,11-12H2. The van der Waals surface area contributed by atoms with Gasteiger partial charge in [0.1, 0.15) is 0 Å². The van der Waals surface area contributed by atoms with Crippen LogP contribution in [0.1, 0.15) is 44.1 Å². The molecule has 102 valence electrons. The first-order valence-electron chi connectivity index (χ1n) is 7.24. The molecule has 0 heterocycles. The quantitative estimate of drug-likeness (QED) is 0.647. The Morgan fingerprint density at radius 2 is 1.79 bits per heavy atom. The predicted molar refractivity (Wildman–Crippen MR) is 77.1 cm³/mol. The third-order valence-corrected chi connectivity index (χ3v) is 3.60. The summed E-state index contributed by atoms with van der Waals surface area (Å²) in [6.45, 7) is 1.58. The maximum absolute atomic E-state index is 8.72. The van der Waals surface area contributed by atoms with Crippen LogP contribution in [0.25, 0.3) is 0 Å². The summed E-state index contributed by atoms with van der Waals surface area (Å²) in [6.07, 6.45) is 8.26. The van der Waals surface area contributed by atoms with Crippen molar-refractivity contribution in [2.24, 2.45) is 0 Å². The van der Waals surface area contributed by atoms with Crippen LogP contribution in [0.2, 0.25) is 0 Å². The highest BCUT2D eigenvalue weighted by Crippen LogP contribution is 2.19. The third-order valence-electron chi connectivity index (χ3n) is 3.60. The van der Waals surface area contributed by atoms with Crippen molar-refractivity contribution in [2.75, 3.05) is 18.5 Å². The maximum Gasteiger partial charge on any atom is 0.0991 e. The van der Waals surface area contributed by atoms with Crippen molar-refractivity contribution in [3.05, 3.63) is 29.8 Å². The summed E-state index contributed by atoms with van der Waals surface area (Å²) in [5.74, 6) is 0. The summed E-state index contributed by atoms with van der Waals surface area (Å²) in [7, 11) is 0. The molecule has 1 aliphatic rings. The van der Waals surface area contributed by atoms with E-state index in [0.29, 0.717) is 11.7 Å². The van der Waals surface area contributed by atoms with Crippen LogP contribution in [-0.2, 0) is 4.74 Å². The van der Waals surface area contributed by atoms with E-state index >= 15 is 0 Å². The zero-order valence-corrected chi connectivity index (χ0v) is 11.4. The molecule has 1 aliphatic carbocycles. The highest BCUT2D eigenvalue weighted by atomic mass is 16.5. The Bertz CT molecular complexity index is 400. The SMILES string of the molecule is N#Cc1ccc(NCCOC2CCCCCC2)cc1. The molecule has 0 atom stereocenters. The first-order chi connectivity index (χ1) is 9.38. The van der Waals surface area contributed by atoms with Crippen LogP contribution in [0, 0.1) is 11.3 Å². The molecule has 1 saturated carbocycles. The first-order valence-corrected chi connectivity index (χ1v) is 7.24. The summed E-state index contributed by atoms with van der Waals surface area (Å²) < 4.78 is 5.91. The van der Waals surface area contributed by atoms with Gasteiger partial charge in [-0.25, -0.2) is 0 Å². The fourth-order valence-corrected chi connectivity index (χ4v) is 2.49. The van der Waals surface area contributed by atoms with Gasteiger partial charge in [0.05, 0.1) is 24.3 Å². The minimum Gasteiger partial charge on any atom is -0.383 e. The molecule has 1 N–H and O–H groups in total. The highest BCUT2D eigenvalue weighted by molar-refractivity contribution is 5.47. The number of ether oxygens (including phenoxy) is 1. The summed E-state index contributed by atoms with van der Waals surface area (Å²) in [5, 5.41) is 12.0. The van der Waals surface area contributed by atoms with E-state index in [2.05, 4.69) is 11.4 Å². The normalized spacial score (nSPS) is 16.6. The fraction of sp³-hybridized carbons (Fsp3) is 0.562. The molecule has 0 spiro atoms. The van der Waals surface area contributed by atoms with Crippen LogP contribution < -0.4 is 5.32 Å². The summed E-state index contributed by atoms with van der Waals surface area (Å²) in [4.78, 5) is 0. The van der Waals surface area contributed by atoms with Crippen LogP contribution in [0.3, 0.4) is 0 Å². The Morgan fingerprint density at radius 1 is 1.11 bits per heavy atom. The van der Waals surface area contributed by atoms with Crippen molar-refractivity contribution >= 4 is 5.69 Å². The number of rotatable bonds is 5. The van der Waals surface area contributed by atoms with Crippen molar-refractivity contribution in [3.8, 4) is 6.07 Å². The van der Waals surface area contributed by atoms with E-state index < -0.39 is 0 Å². The molecule has 0 aromatic heterocycles. The minimum atomic E-state index is 0.463. The van der Waals surface area contributed by atoms with Gasteiger partial charge in [-0.3, -0.25) is 0 Å². The molecule has 0 bridgehead atoms. The van der Waals surface area contributed by atoms with Crippen LogP contribution >= 0.6 is 0 Å². The van der Waals surface area contributed by atoms with Gasteiger partial charge in [0.25, 0.3) is 0 Å². The summed E-state index contributed by atoms with van der Waals surface area (Å²) >= 11 is 0. The van der Waals surface area contributed by atoms with Gasteiger partial charge in [-0.15, -0.1) is 0 Å². The van der Waals surface area contributed by atoms with Crippen molar-refractivity contribution in [1.29, 1.82) is 5.26 Å². The lowest BCUT2D eigenvalue weighted by molar-refractivity contribution is 0.0501. The van der Waals surface area contributed by atoms with Gasteiger partial charge in [-0.2, -0.15) is 5.26 Å². The molecular weight excluding hydrogens is 236 g/mol. The number of nitrogens with zero attached hydrogens (tertiary/aromatic N) is 1. The highest BCUT2D eigenvalue weighted by Gasteiger charge is 2.11. The van der Waals surface area contributed by atoms with Crippen molar-refractivity contribution in [2.45, 2.75) is 44.6 Å². The van der Waals surface area contributed by atoms with E-state index in [1.54, 1.807) is 0 Å². The zero-order valence-electron chi connectivity index (χ0n) is 11.4. The third kappa shape index (κ3) is 4.92. The fourth-order valence-electron chi connectivity index (χ4n) is 2.49. The van der Waals surface area contributed by atoms with E-state index in [-0.39, 0.29) is 0 Å². The Labute approximate surface area is 115 Å². The van der Waals surface area contributed by atoms with Crippen molar-refractivity contribution in [3.63, 3.8) is 0 Å². The van der Waals surface area contributed by atoms with Crippen LogP contribution in [0.4, 0.5) is 5.69 Å². The topological polar surface area (TPSA) is 45.0 Å². The van der Waals surface area contributed by atoms with Crippen molar-refractivity contribution in [1.82, 2.24) is 0 Å². The Morgan fingerprint density at radius 3 is 2.42 bits per heavy atom. The Hall–Kier alpha value is -1.53. The van der Waals surface area contributed by atoms with E-state index in [1.807, 2.05) is 24.3 Å². The molecular formula is C16H22N2O. The predicted octanol–water partition coefficient (Wildman–Crippen LogP) is 3.71. The largest absolute Gasteiger partial charge is 0.383 e. The molecule has 1 fully saturated rings. The number of benzene rings is 1. The lowest BCUT2D eigenvalue weighted by atomic mass is 10.1. The molecule has 0 aliphatic heterocycles. The van der Waals surface area contributed by atoms with Crippen LogP contribution in [0.5, 0.6) is 0 Å². The smallest absolute Gasteiger partial charge is 0.0991 e. The van der Waals surface area contributed by atoms with Gasteiger partial charge in [-0.05, 0) is 37.1 Å². The zero-order chi connectivity index (χ0) is 13.3. The van der Waals surface area contributed by atoms with E-state index in [1.165, 1.54) is 38.5 Å². The number of anilines is 1.